The first kappa shape index (κ1) is 32.6. The van der Waals surface area contributed by atoms with Gasteiger partial charge in [-0.25, -0.2) is 13.5 Å². The van der Waals surface area contributed by atoms with Crippen molar-refractivity contribution >= 4 is 17.7 Å². The molecule has 7 atom stereocenters. The summed E-state index contributed by atoms with van der Waals surface area (Å²) in [6.45, 7) is 5.53. The molecule has 1 aliphatic carbocycles. The number of hydrogen-bond donors (Lipinski definition) is 5. The number of carbonyl (C=O) groups is 3. The lowest BCUT2D eigenvalue weighted by molar-refractivity contribution is -0.223. The molecule has 3 aliphatic heterocycles. The topological polar surface area (TPSA) is 182 Å². The fourth-order valence-corrected chi connectivity index (χ4v) is 6.32. The Balaban J connectivity index is 1.37. The van der Waals surface area contributed by atoms with Crippen LogP contribution in [-0.4, -0.2) is 139 Å². The molecule has 5 rings (SSSR count). The average molecular weight is 628 g/mol. The summed E-state index contributed by atoms with van der Waals surface area (Å²) in [6, 6.07) is -1.47. The fraction of sp³-hybridized carbons (Fsp3) is 0.821. The highest BCUT2D eigenvalue weighted by molar-refractivity contribution is 5.92. The molecule has 2 bridgehead atoms. The number of nitrogens with zero attached hydrogens (tertiary/aromatic N) is 5. The first-order valence-corrected chi connectivity index (χ1v) is 15.2. The van der Waals surface area contributed by atoms with E-state index in [9.17, 15) is 38.5 Å². The molecule has 0 aromatic carbocycles. The number of ether oxygens (including phenoxy) is 1. The van der Waals surface area contributed by atoms with Crippen molar-refractivity contribution in [3.8, 4) is 0 Å². The number of rotatable bonds is 5. The van der Waals surface area contributed by atoms with E-state index < -0.39 is 66.8 Å². The molecular weight excluding hydrogens is 584 g/mol. The zero-order valence-electron chi connectivity index (χ0n) is 25.2. The maximum atomic E-state index is 13.8. The highest BCUT2D eigenvalue weighted by atomic mass is 19.3. The summed E-state index contributed by atoms with van der Waals surface area (Å²) in [5.41, 5.74) is 0.482. The molecule has 1 saturated carbocycles. The molecule has 4 fully saturated rings. The van der Waals surface area contributed by atoms with E-state index in [1.54, 1.807) is 10.9 Å². The summed E-state index contributed by atoms with van der Waals surface area (Å²) in [4.78, 5) is 43.5. The Morgan fingerprint density at radius 1 is 1.11 bits per heavy atom. The molecule has 44 heavy (non-hydrogen) atoms. The standard InChI is InChI=1S/C28H43F2N7O7/c1-27(2,3)19-13-37(34-33-19)16-10-17-25(42)32-11-18-21(39)22(40)23(41)24(44-18)26(43)35(14-20(38)36(17)12-16)9-8-31-15-4-6-28(29,30)7-5-15/h13,15-18,21-24,31,39-41H,4-12,14H2,1-3H3,(H,32,42)/t16-,17-,18-,21-,22+,23+,24-/m0/s1. The molecule has 246 valence electrons. The third-order valence-corrected chi connectivity index (χ3v) is 9.16. The largest absolute Gasteiger partial charge is 0.388 e. The molecule has 16 heteroatoms. The van der Waals surface area contributed by atoms with Crippen LogP contribution in [0.25, 0.3) is 0 Å². The quantitative estimate of drug-likeness (QED) is 0.263. The Morgan fingerprint density at radius 3 is 2.48 bits per heavy atom. The number of hydrogen-bond acceptors (Lipinski definition) is 10. The van der Waals surface area contributed by atoms with Crippen LogP contribution in [-0.2, 0) is 24.5 Å². The summed E-state index contributed by atoms with van der Waals surface area (Å²) in [6.07, 6.45) is -5.85. The van der Waals surface area contributed by atoms with Crippen LogP contribution in [0.5, 0.6) is 0 Å². The summed E-state index contributed by atoms with van der Waals surface area (Å²) >= 11 is 0. The second-order valence-corrected chi connectivity index (χ2v) is 13.4. The minimum Gasteiger partial charge on any atom is -0.388 e. The monoisotopic (exact) mass is 627 g/mol. The van der Waals surface area contributed by atoms with Gasteiger partial charge in [0.2, 0.25) is 17.7 Å². The van der Waals surface area contributed by atoms with Gasteiger partial charge in [-0.15, -0.1) is 5.10 Å². The van der Waals surface area contributed by atoms with E-state index in [0.29, 0.717) is 0 Å². The molecule has 14 nitrogen and oxygen atoms in total. The number of fused-ring (bicyclic) bond motifs is 3. The van der Waals surface area contributed by atoms with Gasteiger partial charge in [0.05, 0.1) is 18.3 Å². The highest BCUT2D eigenvalue weighted by Gasteiger charge is 2.50. The van der Waals surface area contributed by atoms with Crippen molar-refractivity contribution in [1.82, 2.24) is 35.4 Å². The molecule has 1 aromatic heterocycles. The van der Waals surface area contributed by atoms with E-state index in [2.05, 4.69) is 20.9 Å². The number of aromatic nitrogens is 3. The van der Waals surface area contributed by atoms with Crippen molar-refractivity contribution in [2.75, 3.05) is 32.7 Å². The summed E-state index contributed by atoms with van der Waals surface area (Å²) in [5, 5.41) is 46.1. The van der Waals surface area contributed by atoms with Gasteiger partial charge in [-0.3, -0.25) is 14.4 Å². The van der Waals surface area contributed by atoms with E-state index in [4.69, 9.17) is 4.74 Å². The normalized spacial score (nSPS) is 33.9. The van der Waals surface area contributed by atoms with Gasteiger partial charge in [0.1, 0.15) is 30.5 Å². The molecule has 3 saturated heterocycles. The first-order valence-electron chi connectivity index (χ1n) is 15.2. The Labute approximate surface area is 254 Å². The SMILES string of the molecule is CC(C)(C)c1cn([C@H]2C[C@H]3C(=O)NC[C@@H]4O[C@H](C(=O)N(CCNC5CCC(F)(F)CC5)CC(=O)N3C2)[C@H](O)[C@H](O)[C@H]4O)nn1. The molecule has 3 amide bonds. The number of alkyl halides is 2. The van der Waals surface area contributed by atoms with Crippen LogP contribution in [0.2, 0.25) is 0 Å². The number of amides is 3. The Morgan fingerprint density at radius 2 is 1.82 bits per heavy atom. The highest BCUT2D eigenvalue weighted by Crippen LogP contribution is 2.33. The number of aliphatic hydroxyl groups excluding tert-OH is 3. The maximum Gasteiger partial charge on any atom is 0.255 e. The lowest BCUT2D eigenvalue weighted by atomic mass is 9.92. The van der Waals surface area contributed by atoms with Crippen LogP contribution < -0.4 is 10.6 Å². The van der Waals surface area contributed by atoms with Crippen molar-refractivity contribution in [1.29, 1.82) is 0 Å². The fourth-order valence-electron chi connectivity index (χ4n) is 6.32. The zero-order valence-corrected chi connectivity index (χ0v) is 25.2. The number of aliphatic hydroxyl groups is 3. The minimum atomic E-state index is -2.69. The summed E-state index contributed by atoms with van der Waals surface area (Å²) in [7, 11) is 0. The van der Waals surface area contributed by atoms with Gasteiger partial charge < -0.3 is 40.5 Å². The van der Waals surface area contributed by atoms with Gasteiger partial charge in [0.25, 0.3) is 5.91 Å². The summed E-state index contributed by atoms with van der Waals surface area (Å²) in [5.74, 6) is -4.48. The average Bonchev–Trinajstić information content (AvgIpc) is 3.63. The number of halogens is 2. The van der Waals surface area contributed by atoms with E-state index in [0.717, 1.165) is 5.69 Å². The molecule has 0 spiro atoms. The van der Waals surface area contributed by atoms with Gasteiger partial charge in [-0.1, -0.05) is 26.0 Å². The molecule has 0 radical (unpaired) electrons. The van der Waals surface area contributed by atoms with Gasteiger partial charge >= 0.3 is 0 Å². The first-order chi connectivity index (χ1) is 20.6. The van der Waals surface area contributed by atoms with Crippen LogP contribution in [0, 0.1) is 0 Å². The van der Waals surface area contributed by atoms with Crippen molar-refractivity contribution in [3.63, 3.8) is 0 Å². The van der Waals surface area contributed by atoms with E-state index in [1.165, 1.54) is 9.80 Å². The Kier molecular flexibility index (Phi) is 9.29. The van der Waals surface area contributed by atoms with Crippen molar-refractivity contribution in [2.24, 2.45) is 0 Å². The third kappa shape index (κ3) is 6.88. The molecule has 4 aliphatic rings. The van der Waals surface area contributed by atoms with Crippen molar-refractivity contribution < 1.29 is 43.2 Å². The third-order valence-electron chi connectivity index (χ3n) is 9.16. The predicted octanol–water partition coefficient (Wildman–Crippen LogP) is -1.31. The predicted molar refractivity (Wildman–Crippen MR) is 149 cm³/mol. The lowest BCUT2D eigenvalue weighted by Crippen LogP contribution is -2.65. The van der Waals surface area contributed by atoms with Crippen molar-refractivity contribution in [3.05, 3.63) is 11.9 Å². The second-order valence-electron chi connectivity index (χ2n) is 13.4. The lowest BCUT2D eigenvalue weighted by Gasteiger charge is -2.42. The van der Waals surface area contributed by atoms with Gasteiger partial charge in [-0.05, 0) is 12.8 Å². The van der Waals surface area contributed by atoms with Crippen molar-refractivity contribution in [2.45, 2.75) is 113 Å². The molecule has 5 N–H and O–H groups in total. The molecular formula is C28H43F2N7O7. The molecule has 0 unspecified atom stereocenters. The van der Waals surface area contributed by atoms with Gasteiger partial charge in [0, 0.05) is 63.1 Å². The van der Waals surface area contributed by atoms with E-state index in [1.807, 2.05) is 20.8 Å². The Hall–Kier alpha value is -2.79. The Bertz CT molecular complexity index is 1220. The smallest absolute Gasteiger partial charge is 0.255 e. The number of nitrogens with one attached hydrogen (secondary N) is 2. The summed E-state index contributed by atoms with van der Waals surface area (Å²) < 4.78 is 34.6. The second kappa shape index (κ2) is 12.5. The van der Waals surface area contributed by atoms with Crippen LogP contribution in [0.1, 0.15) is 64.6 Å². The van der Waals surface area contributed by atoms with E-state index in [-0.39, 0.29) is 75.8 Å². The minimum absolute atomic E-state index is 0.0283. The zero-order chi connectivity index (χ0) is 32.0. The van der Waals surface area contributed by atoms with Crippen LogP contribution >= 0.6 is 0 Å². The molecule has 4 heterocycles. The van der Waals surface area contributed by atoms with E-state index >= 15 is 0 Å². The van der Waals surface area contributed by atoms with Crippen LogP contribution in [0.3, 0.4) is 0 Å². The van der Waals surface area contributed by atoms with Gasteiger partial charge in [0.15, 0.2) is 6.10 Å². The number of carbonyl (C=O) groups excluding carboxylic acids is 3. The van der Waals surface area contributed by atoms with Gasteiger partial charge in [-0.2, -0.15) is 0 Å². The van der Waals surface area contributed by atoms with Crippen LogP contribution in [0.4, 0.5) is 8.78 Å². The van der Waals surface area contributed by atoms with Crippen LogP contribution in [0.15, 0.2) is 6.20 Å². The molecule has 1 aromatic rings. The maximum absolute atomic E-state index is 13.8.